The van der Waals surface area contributed by atoms with Gasteiger partial charge in [0.15, 0.2) is 0 Å². The van der Waals surface area contributed by atoms with Gasteiger partial charge in [-0.25, -0.2) is 4.98 Å². The SMILES string of the molecule is c1ccc(C(Nc2nccc3ccccc23)C2CC2)cc1. The zero-order valence-corrected chi connectivity index (χ0v) is 11.9. The van der Waals surface area contributed by atoms with Crippen LogP contribution in [0.15, 0.2) is 66.9 Å². The molecule has 1 unspecified atom stereocenters. The van der Waals surface area contributed by atoms with Crippen LogP contribution in [0.1, 0.15) is 24.4 Å². The third kappa shape index (κ3) is 2.49. The van der Waals surface area contributed by atoms with E-state index in [1.54, 1.807) is 0 Å². The summed E-state index contributed by atoms with van der Waals surface area (Å²) < 4.78 is 0. The largest absolute Gasteiger partial charge is 0.362 e. The molecule has 1 heterocycles. The van der Waals surface area contributed by atoms with E-state index in [1.165, 1.54) is 29.2 Å². The Balaban J connectivity index is 1.72. The highest BCUT2D eigenvalue weighted by Gasteiger charge is 2.32. The van der Waals surface area contributed by atoms with Crippen molar-refractivity contribution >= 4 is 16.6 Å². The summed E-state index contributed by atoms with van der Waals surface area (Å²) in [6.45, 7) is 0. The van der Waals surface area contributed by atoms with Gasteiger partial charge < -0.3 is 5.32 Å². The smallest absolute Gasteiger partial charge is 0.134 e. The van der Waals surface area contributed by atoms with Crippen molar-refractivity contribution in [1.82, 2.24) is 4.98 Å². The predicted molar refractivity (Wildman–Crippen MR) is 87.3 cm³/mol. The lowest BCUT2D eigenvalue weighted by atomic mass is 10.0. The minimum atomic E-state index is 0.365. The van der Waals surface area contributed by atoms with E-state index in [9.17, 15) is 0 Å². The molecule has 0 saturated heterocycles. The van der Waals surface area contributed by atoms with Gasteiger partial charge in [-0.1, -0.05) is 54.6 Å². The van der Waals surface area contributed by atoms with Crippen molar-refractivity contribution in [3.63, 3.8) is 0 Å². The van der Waals surface area contributed by atoms with Gasteiger partial charge in [-0.2, -0.15) is 0 Å². The Labute approximate surface area is 124 Å². The quantitative estimate of drug-likeness (QED) is 0.739. The van der Waals surface area contributed by atoms with Gasteiger partial charge in [0.25, 0.3) is 0 Å². The van der Waals surface area contributed by atoms with Crippen LogP contribution in [0.5, 0.6) is 0 Å². The summed E-state index contributed by atoms with van der Waals surface area (Å²) in [5.74, 6) is 1.72. The average molecular weight is 274 g/mol. The van der Waals surface area contributed by atoms with Gasteiger partial charge in [-0.05, 0) is 35.8 Å². The number of fused-ring (bicyclic) bond motifs is 1. The van der Waals surface area contributed by atoms with Gasteiger partial charge in [0.2, 0.25) is 0 Å². The molecule has 1 aliphatic rings. The van der Waals surface area contributed by atoms with Crippen LogP contribution in [0.4, 0.5) is 5.82 Å². The van der Waals surface area contributed by atoms with Crippen molar-refractivity contribution in [2.24, 2.45) is 5.92 Å². The fourth-order valence-corrected chi connectivity index (χ4v) is 2.95. The number of aromatic nitrogens is 1. The number of pyridine rings is 1. The van der Waals surface area contributed by atoms with Gasteiger partial charge in [-0.3, -0.25) is 0 Å². The summed E-state index contributed by atoms with van der Waals surface area (Å²) in [5, 5.41) is 6.12. The topological polar surface area (TPSA) is 24.9 Å². The van der Waals surface area contributed by atoms with Crippen LogP contribution in [0, 0.1) is 5.92 Å². The highest BCUT2D eigenvalue weighted by molar-refractivity contribution is 5.91. The van der Waals surface area contributed by atoms with Gasteiger partial charge in [-0.15, -0.1) is 0 Å². The monoisotopic (exact) mass is 274 g/mol. The fourth-order valence-electron chi connectivity index (χ4n) is 2.95. The van der Waals surface area contributed by atoms with E-state index < -0.39 is 0 Å². The van der Waals surface area contributed by atoms with Crippen molar-refractivity contribution in [2.75, 3.05) is 5.32 Å². The molecular weight excluding hydrogens is 256 g/mol. The third-order valence-electron chi connectivity index (χ3n) is 4.22. The number of hydrogen-bond donors (Lipinski definition) is 1. The third-order valence-corrected chi connectivity index (χ3v) is 4.22. The zero-order chi connectivity index (χ0) is 14.1. The summed E-state index contributed by atoms with van der Waals surface area (Å²) in [7, 11) is 0. The summed E-state index contributed by atoms with van der Waals surface area (Å²) in [5.41, 5.74) is 1.36. The molecule has 1 N–H and O–H groups in total. The molecule has 0 aliphatic heterocycles. The van der Waals surface area contributed by atoms with Crippen molar-refractivity contribution in [3.8, 4) is 0 Å². The lowest BCUT2D eigenvalue weighted by Gasteiger charge is -2.20. The van der Waals surface area contributed by atoms with Crippen molar-refractivity contribution in [2.45, 2.75) is 18.9 Å². The normalized spacial score (nSPS) is 15.8. The van der Waals surface area contributed by atoms with Gasteiger partial charge in [0, 0.05) is 11.6 Å². The molecule has 21 heavy (non-hydrogen) atoms. The average Bonchev–Trinajstić information content (AvgIpc) is 3.38. The summed E-state index contributed by atoms with van der Waals surface area (Å²) in [6, 6.07) is 21.6. The maximum absolute atomic E-state index is 4.57. The minimum absolute atomic E-state index is 0.365. The first kappa shape index (κ1) is 12.4. The zero-order valence-electron chi connectivity index (χ0n) is 11.9. The van der Waals surface area contributed by atoms with E-state index in [1.807, 2.05) is 6.20 Å². The van der Waals surface area contributed by atoms with Crippen molar-refractivity contribution in [1.29, 1.82) is 0 Å². The molecule has 104 valence electrons. The number of anilines is 1. The van der Waals surface area contributed by atoms with E-state index >= 15 is 0 Å². The number of hydrogen-bond acceptors (Lipinski definition) is 2. The fraction of sp³-hybridized carbons (Fsp3) is 0.211. The Bertz CT molecular complexity index is 742. The van der Waals surface area contributed by atoms with E-state index in [2.05, 4.69) is 71.0 Å². The number of nitrogens with zero attached hydrogens (tertiary/aromatic N) is 1. The second kappa shape index (κ2) is 5.21. The van der Waals surface area contributed by atoms with Crippen molar-refractivity contribution < 1.29 is 0 Å². The Morgan fingerprint density at radius 3 is 2.48 bits per heavy atom. The minimum Gasteiger partial charge on any atom is -0.362 e. The maximum Gasteiger partial charge on any atom is 0.134 e. The second-order valence-electron chi connectivity index (χ2n) is 5.75. The molecular formula is C19H18N2. The van der Waals surface area contributed by atoms with Gasteiger partial charge >= 0.3 is 0 Å². The Morgan fingerprint density at radius 1 is 0.905 bits per heavy atom. The van der Waals surface area contributed by atoms with Gasteiger partial charge in [0.1, 0.15) is 5.82 Å². The molecule has 0 amide bonds. The molecule has 1 aromatic heterocycles. The van der Waals surface area contributed by atoms with Crippen LogP contribution in [0.25, 0.3) is 10.8 Å². The standard InChI is InChI=1S/C19H18N2/c1-2-7-15(8-3-1)18(16-10-11-16)21-19-17-9-5-4-6-14(17)12-13-20-19/h1-9,12-13,16,18H,10-11H2,(H,20,21). The molecule has 1 aliphatic carbocycles. The van der Waals surface area contributed by atoms with Crippen LogP contribution in [-0.2, 0) is 0 Å². The molecule has 1 fully saturated rings. The number of benzene rings is 2. The van der Waals surface area contributed by atoms with E-state index in [-0.39, 0.29) is 0 Å². The molecule has 0 bridgehead atoms. The van der Waals surface area contributed by atoms with Crippen LogP contribution < -0.4 is 5.32 Å². The maximum atomic E-state index is 4.57. The number of nitrogens with one attached hydrogen (secondary N) is 1. The van der Waals surface area contributed by atoms with E-state index in [0.29, 0.717) is 6.04 Å². The highest BCUT2D eigenvalue weighted by atomic mass is 15.0. The molecule has 1 atom stereocenters. The Kier molecular flexibility index (Phi) is 3.07. The van der Waals surface area contributed by atoms with Gasteiger partial charge in [0.05, 0.1) is 6.04 Å². The van der Waals surface area contributed by atoms with Crippen LogP contribution in [0.3, 0.4) is 0 Å². The molecule has 0 radical (unpaired) electrons. The second-order valence-corrected chi connectivity index (χ2v) is 5.75. The lowest BCUT2D eigenvalue weighted by Crippen LogP contribution is -2.14. The molecule has 2 aromatic carbocycles. The summed E-state index contributed by atoms with van der Waals surface area (Å²) >= 11 is 0. The molecule has 3 aromatic rings. The first-order valence-corrected chi connectivity index (χ1v) is 7.57. The van der Waals surface area contributed by atoms with Crippen LogP contribution in [0.2, 0.25) is 0 Å². The molecule has 2 heteroatoms. The highest BCUT2D eigenvalue weighted by Crippen LogP contribution is 2.43. The summed E-state index contributed by atoms with van der Waals surface area (Å²) in [6.07, 6.45) is 4.49. The van der Waals surface area contributed by atoms with Crippen molar-refractivity contribution in [3.05, 3.63) is 72.4 Å². The lowest BCUT2D eigenvalue weighted by molar-refractivity contribution is 0.676. The molecule has 1 saturated carbocycles. The van der Waals surface area contributed by atoms with Crippen LogP contribution >= 0.6 is 0 Å². The molecule has 2 nitrogen and oxygen atoms in total. The van der Waals surface area contributed by atoms with E-state index in [4.69, 9.17) is 0 Å². The first-order chi connectivity index (χ1) is 10.4. The number of rotatable bonds is 4. The predicted octanol–water partition coefficient (Wildman–Crippen LogP) is 4.80. The Morgan fingerprint density at radius 2 is 1.67 bits per heavy atom. The molecule has 0 spiro atoms. The Hall–Kier alpha value is -2.35. The van der Waals surface area contributed by atoms with E-state index in [0.717, 1.165) is 11.7 Å². The van der Waals surface area contributed by atoms with Crippen LogP contribution in [-0.4, -0.2) is 4.98 Å². The first-order valence-electron chi connectivity index (χ1n) is 7.57. The molecule has 4 rings (SSSR count). The summed E-state index contributed by atoms with van der Waals surface area (Å²) in [4.78, 5) is 4.57.